The standard InChI is InChI=1S/C18H26N4O2S/c1-4-19-18(20-9-8-17-22-13-14(2)25-17)21-10-11-24-16-7-5-6-15(12-16)23-3/h5-7,12-13H,4,8-11H2,1-3H3,(H2,19,20,21). The summed E-state index contributed by atoms with van der Waals surface area (Å²) in [5, 5.41) is 7.64. The van der Waals surface area contributed by atoms with Crippen LogP contribution in [0.1, 0.15) is 16.8 Å². The molecular formula is C18H26N4O2S. The summed E-state index contributed by atoms with van der Waals surface area (Å²) in [7, 11) is 1.65. The van der Waals surface area contributed by atoms with Gasteiger partial charge in [-0.2, -0.15) is 0 Å². The third kappa shape index (κ3) is 7.01. The Hall–Kier alpha value is -2.28. The molecule has 0 unspecified atom stereocenters. The lowest BCUT2D eigenvalue weighted by Gasteiger charge is -2.12. The largest absolute Gasteiger partial charge is 0.497 e. The van der Waals surface area contributed by atoms with Gasteiger partial charge >= 0.3 is 0 Å². The minimum atomic E-state index is 0.545. The molecular weight excluding hydrogens is 336 g/mol. The van der Waals surface area contributed by atoms with Gasteiger partial charge in [-0.15, -0.1) is 11.3 Å². The molecule has 136 valence electrons. The van der Waals surface area contributed by atoms with Crippen LogP contribution in [0.2, 0.25) is 0 Å². The van der Waals surface area contributed by atoms with Gasteiger partial charge in [-0.3, -0.25) is 4.99 Å². The number of aryl methyl sites for hydroxylation is 1. The number of aliphatic imine (C=N–C) groups is 1. The fourth-order valence-corrected chi connectivity index (χ4v) is 2.93. The van der Waals surface area contributed by atoms with Crippen LogP contribution in [0.3, 0.4) is 0 Å². The average Bonchev–Trinajstić information content (AvgIpc) is 3.04. The van der Waals surface area contributed by atoms with Crippen LogP contribution in [-0.2, 0) is 6.42 Å². The molecule has 7 heteroatoms. The molecule has 0 fully saturated rings. The van der Waals surface area contributed by atoms with E-state index in [0.717, 1.165) is 35.4 Å². The smallest absolute Gasteiger partial charge is 0.191 e. The average molecular weight is 362 g/mol. The molecule has 6 nitrogen and oxygen atoms in total. The Morgan fingerprint density at radius 1 is 1.28 bits per heavy atom. The minimum absolute atomic E-state index is 0.545. The molecule has 0 radical (unpaired) electrons. The van der Waals surface area contributed by atoms with Crippen molar-refractivity contribution >= 4 is 17.3 Å². The Morgan fingerprint density at radius 3 is 2.84 bits per heavy atom. The van der Waals surface area contributed by atoms with E-state index < -0.39 is 0 Å². The van der Waals surface area contributed by atoms with Gasteiger partial charge in [-0.25, -0.2) is 4.98 Å². The molecule has 0 saturated carbocycles. The highest BCUT2D eigenvalue weighted by atomic mass is 32.1. The molecule has 25 heavy (non-hydrogen) atoms. The molecule has 1 aromatic heterocycles. The molecule has 2 N–H and O–H groups in total. The van der Waals surface area contributed by atoms with Crippen molar-refractivity contribution in [3.63, 3.8) is 0 Å². The summed E-state index contributed by atoms with van der Waals surface area (Å²) in [6.07, 6.45) is 2.76. The normalized spacial score (nSPS) is 11.2. The zero-order valence-corrected chi connectivity index (χ0v) is 15.9. The van der Waals surface area contributed by atoms with Gasteiger partial charge in [0.1, 0.15) is 18.1 Å². The molecule has 0 saturated heterocycles. The topological polar surface area (TPSA) is 67.8 Å². The first-order chi connectivity index (χ1) is 12.2. The van der Waals surface area contributed by atoms with Gasteiger partial charge in [-0.05, 0) is 26.0 Å². The fraction of sp³-hybridized carbons (Fsp3) is 0.444. The fourth-order valence-electron chi connectivity index (χ4n) is 2.15. The zero-order chi connectivity index (χ0) is 17.9. The predicted molar refractivity (Wildman–Crippen MR) is 103 cm³/mol. The number of thiazole rings is 1. The van der Waals surface area contributed by atoms with Gasteiger partial charge in [-0.1, -0.05) is 6.07 Å². The number of hydrogen-bond acceptors (Lipinski definition) is 5. The van der Waals surface area contributed by atoms with Crippen LogP contribution >= 0.6 is 11.3 Å². The van der Waals surface area contributed by atoms with E-state index in [2.05, 4.69) is 27.5 Å². The van der Waals surface area contributed by atoms with Crippen molar-refractivity contribution in [3.8, 4) is 11.5 Å². The van der Waals surface area contributed by atoms with Crippen LogP contribution in [0, 0.1) is 6.92 Å². The van der Waals surface area contributed by atoms with Crippen LogP contribution in [0.15, 0.2) is 35.5 Å². The summed E-state index contributed by atoms with van der Waals surface area (Å²) < 4.78 is 10.9. The van der Waals surface area contributed by atoms with Gasteiger partial charge < -0.3 is 20.1 Å². The number of nitrogens with one attached hydrogen (secondary N) is 2. The van der Waals surface area contributed by atoms with E-state index in [1.165, 1.54) is 4.88 Å². The maximum atomic E-state index is 5.72. The van der Waals surface area contributed by atoms with Crippen LogP contribution in [0.4, 0.5) is 0 Å². The Kier molecular flexibility index (Phi) is 8.04. The molecule has 1 heterocycles. The van der Waals surface area contributed by atoms with Gasteiger partial charge in [0, 0.05) is 36.7 Å². The maximum Gasteiger partial charge on any atom is 0.191 e. The van der Waals surface area contributed by atoms with Crippen LogP contribution in [0.25, 0.3) is 0 Å². The first-order valence-corrected chi connectivity index (χ1v) is 9.23. The monoisotopic (exact) mass is 362 g/mol. The zero-order valence-electron chi connectivity index (χ0n) is 15.0. The third-order valence-corrected chi connectivity index (χ3v) is 4.29. The van der Waals surface area contributed by atoms with Crippen molar-refractivity contribution in [1.82, 2.24) is 15.6 Å². The number of rotatable bonds is 9. The van der Waals surface area contributed by atoms with Crippen molar-refractivity contribution in [3.05, 3.63) is 40.3 Å². The molecule has 0 bridgehead atoms. The van der Waals surface area contributed by atoms with E-state index in [1.807, 2.05) is 37.4 Å². The highest BCUT2D eigenvalue weighted by molar-refractivity contribution is 7.11. The number of guanidine groups is 1. The number of nitrogens with zero attached hydrogens (tertiary/aromatic N) is 2. The second kappa shape index (κ2) is 10.6. The van der Waals surface area contributed by atoms with Gasteiger partial charge in [0.05, 0.1) is 18.7 Å². The summed E-state index contributed by atoms with van der Waals surface area (Å²) in [6.45, 7) is 6.85. The molecule has 1 aromatic carbocycles. The molecule has 0 aliphatic rings. The Labute approximate surface area is 153 Å². The molecule has 0 atom stereocenters. The number of methoxy groups -OCH3 is 1. The second-order valence-corrected chi connectivity index (χ2v) is 6.65. The summed E-state index contributed by atoms with van der Waals surface area (Å²) in [4.78, 5) is 10.2. The maximum absolute atomic E-state index is 5.72. The van der Waals surface area contributed by atoms with Crippen molar-refractivity contribution < 1.29 is 9.47 Å². The quantitative estimate of drug-likeness (QED) is 0.408. The van der Waals surface area contributed by atoms with Crippen molar-refractivity contribution in [1.29, 1.82) is 0 Å². The first kappa shape index (κ1) is 19.1. The molecule has 0 amide bonds. The lowest BCUT2D eigenvalue weighted by Crippen LogP contribution is -2.39. The first-order valence-electron chi connectivity index (χ1n) is 8.41. The van der Waals surface area contributed by atoms with E-state index in [1.54, 1.807) is 18.4 Å². The van der Waals surface area contributed by atoms with E-state index in [9.17, 15) is 0 Å². The Morgan fingerprint density at radius 2 is 2.12 bits per heavy atom. The van der Waals surface area contributed by atoms with Crippen LogP contribution in [-0.4, -0.2) is 44.3 Å². The SMILES string of the molecule is CCNC(=NCCc1ncc(C)s1)NCCOc1cccc(OC)c1. The highest BCUT2D eigenvalue weighted by Gasteiger charge is 2.01. The lowest BCUT2D eigenvalue weighted by molar-refractivity contribution is 0.319. The molecule has 0 aliphatic carbocycles. The Bertz CT molecular complexity index is 673. The third-order valence-electron chi connectivity index (χ3n) is 3.31. The summed E-state index contributed by atoms with van der Waals surface area (Å²) >= 11 is 1.72. The van der Waals surface area contributed by atoms with Crippen LogP contribution < -0.4 is 20.1 Å². The predicted octanol–water partition coefficient (Wildman–Crippen LogP) is 2.64. The molecule has 2 rings (SSSR count). The van der Waals surface area contributed by atoms with Crippen LogP contribution in [0.5, 0.6) is 11.5 Å². The second-order valence-electron chi connectivity index (χ2n) is 5.33. The molecule has 0 spiro atoms. The van der Waals surface area contributed by atoms with Gasteiger partial charge in [0.15, 0.2) is 5.96 Å². The minimum Gasteiger partial charge on any atom is -0.497 e. The highest BCUT2D eigenvalue weighted by Crippen LogP contribution is 2.18. The van der Waals surface area contributed by atoms with E-state index >= 15 is 0 Å². The Balaban J connectivity index is 1.73. The number of hydrogen-bond donors (Lipinski definition) is 2. The number of benzene rings is 1. The van der Waals surface area contributed by atoms with Crippen molar-refractivity contribution in [2.45, 2.75) is 20.3 Å². The summed E-state index contributed by atoms with van der Waals surface area (Å²) in [5.74, 6) is 2.38. The van der Waals surface area contributed by atoms with Crippen molar-refractivity contribution in [2.24, 2.45) is 4.99 Å². The lowest BCUT2D eigenvalue weighted by atomic mass is 10.3. The van der Waals surface area contributed by atoms with Gasteiger partial charge in [0.2, 0.25) is 0 Å². The van der Waals surface area contributed by atoms with Gasteiger partial charge in [0.25, 0.3) is 0 Å². The van der Waals surface area contributed by atoms with E-state index in [4.69, 9.17) is 9.47 Å². The number of aromatic nitrogens is 1. The molecule has 0 aliphatic heterocycles. The van der Waals surface area contributed by atoms with E-state index in [-0.39, 0.29) is 0 Å². The van der Waals surface area contributed by atoms with E-state index in [0.29, 0.717) is 19.7 Å². The summed E-state index contributed by atoms with van der Waals surface area (Å²) in [6, 6.07) is 7.59. The van der Waals surface area contributed by atoms with Crippen molar-refractivity contribution in [2.75, 3.05) is 33.4 Å². The number of ether oxygens (including phenoxy) is 2. The molecule has 2 aromatic rings. The summed E-state index contributed by atoms with van der Waals surface area (Å²) in [5.41, 5.74) is 0.